The van der Waals surface area contributed by atoms with E-state index in [1.165, 1.54) is 0 Å². The molecule has 2 aromatic carbocycles. The van der Waals surface area contributed by atoms with Crippen LogP contribution in [0.1, 0.15) is 78.9 Å². The number of rotatable bonds is 13. The van der Waals surface area contributed by atoms with Crippen LogP contribution in [-0.4, -0.2) is 77.5 Å². The molecule has 3 atom stereocenters. The third-order valence-corrected chi connectivity index (χ3v) is 7.29. The van der Waals surface area contributed by atoms with Crippen molar-refractivity contribution in [1.82, 2.24) is 16.0 Å². The lowest BCUT2D eigenvalue weighted by molar-refractivity contribution is -0.156. The molecule has 0 bridgehead atoms. The molecule has 4 N–H and O–H groups in total. The zero-order valence-corrected chi connectivity index (χ0v) is 28.3. The quantitative estimate of drug-likeness (QED) is 0.232. The highest BCUT2D eigenvalue weighted by atomic mass is 16.6. The molecule has 0 saturated carbocycles. The molecule has 1 aliphatic carbocycles. The molecule has 0 radical (unpaired) electrons. The fourth-order valence-electron chi connectivity index (χ4n) is 5.10. The van der Waals surface area contributed by atoms with Crippen LogP contribution >= 0.6 is 0 Å². The minimum atomic E-state index is -1.51. The van der Waals surface area contributed by atoms with Crippen molar-refractivity contribution in [3.05, 3.63) is 59.7 Å². The maximum Gasteiger partial charge on any atom is 0.407 e. The van der Waals surface area contributed by atoms with Gasteiger partial charge in [0.15, 0.2) is 0 Å². The van der Waals surface area contributed by atoms with Crippen molar-refractivity contribution in [2.75, 3.05) is 13.2 Å². The molecule has 3 amide bonds. The number of nitrogens with one attached hydrogen (secondary N) is 3. The first-order chi connectivity index (χ1) is 21.9. The molecule has 12 nitrogen and oxygen atoms in total. The summed E-state index contributed by atoms with van der Waals surface area (Å²) in [4.78, 5) is 64.5. The third kappa shape index (κ3) is 10.8. The Balaban J connectivity index is 1.78. The van der Waals surface area contributed by atoms with Crippen LogP contribution in [0.5, 0.6) is 0 Å². The number of carboxylic acid groups (broad SMARTS) is 1. The van der Waals surface area contributed by atoms with E-state index in [0.29, 0.717) is 0 Å². The molecule has 0 saturated heterocycles. The monoisotopic (exact) mass is 653 g/mol. The van der Waals surface area contributed by atoms with Gasteiger partial charge in [-0.1, -0.05) is 62.4 Å². The predicted molar refractivity (Wildman–Crippen MR) is 174 cm³/mol. The van der Waals surface area contributed by atoms with Crippen LogP contribution in [0.3, 0.4) is 0 Å². The van der Waals surface area contributed by atoms with Crippen LogP contribution in [0.4, 0.5) is 4.79 Å². The molecular weight excluding hydrogens is 606 g/mol. The van der Waals surface area contributed by atoms with Crippen LogP contribution in [0.2, 0.25) is 0 Å². The summed E-state index contributed by atoms with van der Waals surface area (Å²) in [5, 5.41) is 17.0. The molecule has 0 aromatic heterocycles. The van der Waals surface area contributed by atoms with E-state index in [-0.39, 0.29) is 19.1 Å². The molecule has 0 aliphatic heterocycles. The van der Waals surface area contributed by atoms with Gasteiger partial charge in [0.05, 0.1) is 18.6 Å². The minimum Gasteiger partial charge on any atom is -0.480 e. The molecule has 256 valence electrons. The number of carbonyl (C=O) groups is 5. The van der Waals surface area contributed by atoms with Gasteiger partial charge in [0.25, 0.3) is 0 Å². The summed E-state index contributed by atoms with van der Waals surface area (Å²) in [7, 11) is 0. The number of alkyl carbamates (subject to hydrolysis) is 1. The highest BCUT2D eigenvalue weighted by molar-refractivity contribution is 5.95. The number of benzene rings is 2. The Kier molecular flexibility index (Phi) is 12.1. The van der Waals surface area contributed by atoms with Crippen molar-refractivity contribution in [2.45, 2.75) is 97.1 Å². The lowest BCUT2D eigenvalue weighted by atomic mass is 9.98. The number of esters is 1. The molecule has 0 fully saturated rings. The van der Waals surface area contributed by atoms with Gasteiger partial charge in [-0.3, -0.25) is 14.4 Å². The fraction of sp³-hybridized carbons (Fsp3) is 0.514. The maximum atomic E-state index is 13.6. The molecule has 2 aromatic rings. The third-order valence-electron chi connectivity index (χ3n) is 7.29. The first-order valence-electron chi connectivity index (χ1n) is 15.7. The van der Waals surface area contributed by atoms with Gasteiger partial charge >= 0.3 is 18.0 Å². The van der Waals surface area contributed by atoms with Gasteiger partial charge in [-0.2, -0.15) is 0 Å². The molecule has 3 rings (SSSR count). The molecule has 47 heavy (non-hydrogen) atoms. The largest absolute Gasteiger partial charge is 0.480 e. The number of hydrogen-bond acceptors (Lipinski definition) is 8. The number of carbonyl (C=O) groups excluding carboxylic acids is 4. The van der Waals surface area contributed by atoms with E-state index in [1.54, 1.807) is 55.4 Å². The van der Waals surface area contributed by atoms with Crippen LogP contribution in [0, 0.1) is 5.92 Å². The van der Waals surface area contributed by atoms with Gasteiger partial charge in [0, 0.05) is 5.92 Å². The first-order valence-corrected chi connectivity index (χ1v) is 15.7. The zero-order chi connectivity index (χ0) is 35.1. The van der Waals surface area contributed by atoms with Crippen LogP contribution < -0.4 is 16.0 Å². The second-order valence-electron chi connectivity index (χ2n) is 13.9. The topological polar surface area (TPSA) is 169 Å². The van der Waals surface area contributed by atoms with E-state index in [2.05, 4.69) is 16.0 Å². The van der Waals surface area contributed by atoms with Gasteiger partial charge in [0.1, 0.15) is 30.3 Å². The molecule has 12 heteroatoms. The van der Waals surface area contributed by atoms with Crippen molar-refractivity contribution < 1.29 is 43.3 Å². The van der Waals surface area contributed by atoms with Crippen molar-refractivity contribution in [2.24, 2.45) is 5.92 Å². The Bertz CT molecular complexity index is 1410. The summed E-state index contributed by atoms with van der Waals surface area (Å²) in [5.74, 6) is -4.51. The summed E-state index contributed by atoms with van der Waals surface area (Å²) in [6, 6.07) is 11.6. The van der Waals surface area contributed by atoms with Gasteiger partial charge in [-0.15, -0.1) is 0 Å². The summed E-state index contributed by atoms with van der Waals surface area (Å²) < 4.78 is 16.8. The molecule has 0 unspecified atom stereocenters. The second-order valence-corrected chi connectivity index (χ2v) is 13.9. The van der Waals surface area contributed by atoms with Gasteiger partial charge in [-0.05, 0) is 69.7 Å². The lowest BCUT2D eigenvalue weighted by Gasteiger charge is -2.28. The standard InChI is InChI=1S/C35H47N3O9/c1-20(2)29(32(42)43)38-30(40)26(17-28(39)47-35(6,7)8)36-31(41)27(19-46-34(3,4)5)37-33(44)45-18-25-23-15-11-9-13-21(23)22-14-10-12-16-24(22)25/h9-16,20,25-27,29H,17-19H2,1-8H3,(H,36,41)(H,37,44)(H,38,40)(H,42,43)/t26-,27-,29-/m0/s1. The Morgan fingerprint density at radius 1 is 0.766 bits per heavy atom. The van der Waals surface area contributed by atoms with Gasteiger partial charge in [-0.25, -0.2) is 9.59 Å². The normalized spacial score (nSPS) is 14.7. The van der Waals surface area contributed by atoms with E-state index in [1.807, 2.05) is 48.5 Å². The number of aliphatic carboxylic acids is 1. The Morgan fingerprint density at radius 3 is 1.79 bits per heavy atom. The number of carboxylic acids is 1. The van der Waals surface area contributed by atoms with Crippen molar-refractivity contribution in [3.63, 3.8) is 0 Å². The van der Waals surface area contributed by atoms with Gasteiger partial charge in [0.2, 0.25) is 11.8 Å². The molecule has 0 spiro atoms. The van der Waals surface area contributed by atoms with Crippen molar-refractivity contribution in [1.29, 1.82) is 0 Å². The summed E-state index contributed by atoms with van der Waals surface area (Å²) in [5.41, 5.74) is 2.58. The average Bonchev–Trinajstić information content (AvgIpc) is 3.28. The summed E-state index contributed by atoms with van der Waals surface area (Å²) in [6.45, 7) is 13.2. The van der Waals surface area contributed by atoms with E-state index >= 15 is 0 Å². The SMILES string of the molecule is CC(C)[C@H](NC(=O)[C@H](CC(=O)OC(C)(C)C)NC(=O)[C@H](COC(C)(C)C)NC(=O)OCC1c2ccccc2-c2ccccc21)C(=O)O. The Labute approximate surface area is 275 Å². The smallest absolute Gasteiger partial charge is 0.407 e. The van der Waals surface area contributed by atoms with Gasteiger partial charge < -0.3 is 35.3 Å². The van der Waals surface area contributed by atoms with Crippen LogP contribution in [-0.2, 0) is 33.4 Å². The van der Waals surface area contributed by atoms with Crippen LogP contribution in [0.15, 0.2) is 48.5 Å². The number of fused-ring (bicyclic) bond motifs is 3. The number of hydrogen-bond donors (Lipinski definition) is 4. The number of ether oxygens (including phenoxy) is 3. The van der Waals surface area contributed by atoms with Crippen molar-refractivity contribution >= 4 is 29.8 Å². The van der Waals surface area contributed by atoms with E-state index in [0.717, 1.165) is 22.3 Å². The lowest BCUT2D eigenvalue weighted by Crippen LogP contribution is -2.58. The van der Waals surface area contributed by atoms with E-state index in [9.17, 15) is 29.1 Å². The Hall–Kier alpha value is -4.45. The molecular formula is C35H47N3O9. The zero-order valence-electron chi connectivity index (χ0n) is 28.3. The summed E-state index contributed by atoms with van der Waals surface area (Å²) in [6.07, 6.45) is -1.47. The summed E-state index contributed by atoms with van der Waals surface area (Å²) >= 11 is 0. The predicted octanol–water partition coefficient (Wildman–Crippen LogP) is 4.15. The highest BCUT2D eigenvalue weighted by Crippen LogP contribution is 2.44. The van der Waals surface area contributed by atoms with E-state index < -0.39 is 71.5 Å². The molecule has 1 aliphatic rings. The van der Waals surface area contributed by atoms with Crippen LogP contribution in [0.25, 0.3) is 11.1 Å². The number of amides is 3. The fourth-order valence-corrected chi connectivity index (χ4v) is 5.10. The maximum absolute atomic E-state index is 13.6. The molecule has 0 heterocycles. The van der Waals surface area contributed by atoms with Crippen molar-refractivity contribution in [3.8, 4) is 11.1 Å². The minimum absolute atomic E-state index is 0.00375. The first kappa shape index (κ1) is 37.0. The average molecular weight is 654 g/mol. The van der Waals surface area contributed by atoms with E-state index in [4.69, 9.17) is 14.2 Å². The highest BCUT2D eigenvalue weighted by Gasteiger charge is 2.35. The Morgan fingerprint density at radius 2 is 1.30 bits per heavy atom. The second kappa shape index (κ2) is 15.4.